The third-order valence-corrected chi connectivity index (χ3v) is 7.55. The summed E-state index contributed by atoms with van der Waals surface area (Å²) in [4.78, 5) is 45.1. The Balaban J connectivity index is 1.35. The van der Waals surface area contributed by atoms with E-state index >= 15 is 0 Å². The molecule has 1 aliphatic rings. The number of likely N-dealkylation sites (N-methyl/N-ethyl adjacent to an activating group) is 1. The van der Waals surface area contributed by atoms with Crippen molar-refractivity contribution >= 4 is 60.8 Å². The van der Waals surface area contributed by atoms with Crippen molar-refractivity contribution in [2.75, 3.05) is 39.9 Å². The molecule has 1 unspecified atom stereocenters. The number of piperidine rings is 1. The van der Waals surface area contributed by atoms with Crippen LogP contribution in [0.1, 0.15) is 24.8 Å². The number of benzene rings is 1. The first kappa shape index (κ1) is 23.4. The summed E-state index contributed by atoms with van der Waals surface area (Å²) in [6.45, 7) is 4.76. The van der Waals surface area contributed by atoms with E-state index < -0.39 is 0 Å². The summed E-state index contributed by atoms with van der Waals surface area (Å²) in [7, 11) is 1.59. The second-order valence-corrected chi connectivity index (χ2v) is 10.2. The number of ether oxygens (including phenoxy) is 2. The predicted molar refractivity (Wildman–Crippen MR) is 129 cm³/mol. The summed E-state index contributed by atoms with van der Waals surface area (Å²) in [5, 5.41) is 3.90. The third-order valence-electron chi connectivity index (χ3n) is 5.71. The first-order chi connectivity index (χ1) is 15.9. The molecule has 2 aromatic heterocycles. The Hall–Kier alpha value is -2.72. The fraction of sp³-hybridized carbons (Fsp3) is 0.478. The molecule has 1 aliphatic heterocycles. The average molecular weight is 490 g/mol. The summed E-state index contributed by atoms with van der Waals surface area (Å²) in [6.07, 6.45) is 1.46. The molecule has 33 heavy (non-hydrogen) atoms. The number of hydrogen-bond donors (Lipinski definition) is 0. The van der Waals surface area contributed by atoms with Gasteiger partial charge in [-0.05, 0) is 38.1 Å². The molecule has 0 N–H and O–H groups in total. The van der Waals surface area contributed by atoms with Gasteiger partial charge in [-0.25, -0.2) is 4.98 Å². The van der Waals surface area contributed by atoms with Crippen LogP contribution in [0.25, 0.3) is 20.3 Å². The number of hydrogen-bond acceptors (Lipinski definition) is 8. The van der Waals surface area contributed by atoms with Gasteiger partial charge < -0.3 is 19.3 Å². The molecule has 4 rings (SSSR count). The van der Waals surface area contributed by atoms with Crippen molar-refractivity contribution in [3.63, 3.8) is 0 Å². The number of likely N-dealkylation sites (tertiary alicyclic amines) is 1. The van der Waals surface area contributed by atoms with E-state index in [9.17, 15) is 14.4 Å². The third kappa shape index (κ3) is 5.11. The Labute approximate surface area is 200 Å². The maximum Gasteiger partial charge on any atom is 0.310 e. The first-order valence-electron chi connectivity index (χ1n) is 11.0. The van der Waals surface area contributed by atoms with E-state index in [1.165, 1.54) is 4.90 Å². The summed E-state index contributed by atoms with van der Waals surface area (Å²) in [5.41, 5.74) is 0.964. The maximum absolute atomic E-state index is 12.7. The van der Waals surface area contributed by atoms with E-state index in [0.29, 0.717) is 31.9 Å². The van der Waals surface area contributed by atoms with E-state index in [2.05, 4.69) is 4.98 Å². The molecule has 3 aromatic rings. The van der Waals surface area contributed by atoms with Gasteiger partial charge in [0.2, 0.25) is 5.91 Å². The topological polar surface area (TPSA) is 89.0 Å². The normalized spacial score (nSPS) is 16.2. The minimum atomic E-state index is -0.301. The van der Waals surface area contributed by atoms with Crippen LogP contribution in [0.4, 0.5) is 0 Å². The van der Waals surface area contributed by atoms with Crippen molar-refractivity contribution in [1.82, 2.24) is 14.8 Å². The van der Waals surface area contributed by atoms with Gasteiger partial charge in [-0.1, -0.05) is 0 Å². The number of carbonyl (C=O) groups excluding carboxylic acids is 3. The highest BCUT2D eigenvalue weighted by Gasteiger charge is 2.30. The first-order valence-corrected chi connectivity index (χ1v) is 12.7. The molecular formula is C23H27N3O5S2. The molecule has 0 spiro atoms. The summed E-state index contributed by atoms with van der Waals surface area (Å²) in [6, 6.07) is 3.90. The fourth-order valence-electron chi connectivity index (χ4n) is 4.00. The number of esters is 1. The Bertz CT molecular complexity index is 1190. The monoisotopic (exact) mass is 489 g/mol. The minimum absolute atomic E-state index is 0.0569. The van der Waals surface area contributed by atoms with Gasteiger partial charge in [-0.15, -0.1) is 22.7 Å². The highest BCUT2D eigenvalue weighted by Crippen LogP contribution is 2.38. The van der Waals surface area contributed by atoms with E-state index in [-0.39, 0.29) is 36.9 Å². The molecule has 1 fully saturated rings. The standard InChI is InChI=1S/C23H27N3O5S2/c1-4-30-23(29)15-6-5-8-26(11-15)19(27)12-25(3)20(28)13-31-17-10-18-21(24-14(2)33-18)22-16(17)7-9-32-22/h7,9-10,15H,4-6,8,11-13H2,1-3H3. The smallest absolute Gasteiger partial charge is 0.310 e. The maximum atomic E-state index is 12.7. The molecule has 0 aliphatic carbocycles. The number of amides is 2. The summed E-state index contributed by atoms with van der Waals surface area (Å²) >= 11 is 3.19. The van der Waals surface area contributed by atoms with Gasteiger partial charge in [-0.2, -0.15) is 0 Å². The van der Waals surface area contributed by atoms with Gasteiger partial charge in [-0.3, -0.25) is 14.4 Å². The van der Waals surface area contributed by atoms with Gasteiger partial charge >= 0.3 is 5.97 Å². The molecule has 1 saturated heterocycles. The number of nitrogens with zero attached hydrogens (tertiary/aromatic N) is 3. The molecule has 10 heteroatoms. The van der Waals surface area contributed by atoms with E-state index in [1.807, 2.05) is 24.4 Å². The number of aromatic nitrogens is 1. The summed E-state index contributed by atoms with van der Waals surface area (Å²) < 4.78 is 13.1. The van der Waals surface area contributed by atoms with E-state index in [4.69, 9.17) is 9.47 Å². The highest BCUT2D eigenvalue weighted by atomic mass is 32.1. The van der Waals surface area contributed by atoms with Crippen LogP contribution in [-0.2, 0) is 19.1 Å². The Morgan fingerprint density at radius 1 is 1.33 bits per heavy atom. The number of aryl methyl sites for hydroxylation is 1. The zero-order valence-corrected chi connectivity index (χ0v) is 20.6. The van der Waals surface area contributed by atoms with Crippen LogP contribution in [0.5, 0.6) is 5.75 Å². The molecule has 0 saturated carbocycles. The minimum Gasteiger partial charge on any atom is -0.483 e. The molecular weight excluding hydrogens is 462 g/mol. The van der Waals surface area contributed by atoms with Crippen LogP contribution < -0.4 is 4.74 Å². The van der Waals surface area contributed by atoms with Crippen LogP contribution in [0.15, 0.2) is 17.5 Å². The van der Waals surface area contributed by atoms with Crippen molar-refractivity contribution < 1.29 is 23.9 Å². The molecule has 3 heterocycles. The molecule has 8 nitrogen and oxygen atoms in total. The van der Waals surface area contributed by atoms with Gasteiger partial charge in [0.1, 0.15) is 5.75 Å². The number of fused-ring (bicyclic) bond motifs is 3. The van der Waals surface area contributed by atoms with Crippen molar-refractivity contribution in [3.8, 4) is 5.75 Å². The lowest BCUT2D eigenvalue weighted by Gasteiger charge is -2.32. The second-order valence-electron chi connectivity index (χ2n) is 8.09. The molecule has 0 radical (unpaired) electrons. The zero-order valence-electron chi connectivity index (χ0n) is 19.0. The number of rotatable bonds is 7. The lowest BCUT2D eigenvalue weighted by atomic mass is 9.98. The lowest BCUT2D eigenvalue weighted by Crippen LogP contribution is -2.47. The number of thiazole rings is 1. The molecule has 176 valence electrons. The SMILES string of the molecule is CCOC(=O)C1CCCN(C(=O)CN(C)C(=O)COc2cc3sc(C)nc3c3sccc23)C1. The van der Waals surface area contributed by atoms with Gasteiger partial charge in [0, 0.05) is 31.6 Å². The quantitative estimate of drug-likeness (QED) is 0.472. The zero-order chi connectivity index (χ0) is 23.5. The van der Waals surface area contributed by atoms with Gasteiger partial charge in [0.25, 0.3) is 5.91 Å². The van der Waals surface area contributed by atoms with E-state index in [0.717, 1.165) is 31.7 Å². The lowest BCUT2D eigenvalue weighted by molar-refractivity contribution is -0.152. The van der Waals surface area contributed by atoms with Crippen LogP contribution >= 0.6 is 22.7 Å². The Morgan fingerprint density at radius 2 is 2.15 bits per heavy atom. The van der Waals surface area contributed by atoms with Crippen LogP contribution in [0.3, 0.4) is 0 Å². The van der Waals surface area contributed by atoms with E-state index in [1.54, 1.807) is 41.5 Å². The average Bonchev–Trinajstić information content (AvgIpc) is 3.43. The fourth-order valence-corrected chi connectivity index (χ4v) is 5.84. The van der Waals surface area contributed by atoms with Crippen molar-refractivity contribution in [3.05, 3.63) is 22.5 Å². The highest BCUT2D eigenvalue weighted by molar-refractivity contribution is 7.21. The Kier molecular flexibility index (Phi) is 7.14. The molecule has 1 aromatic carbocycles. The summed E-state index contributed by atoms with van der Waals surface area (Å²) in [5.74, 6) is -0.386. The molecule has 0 bridgehead atoms. The largest absolute Gasteiger partial charge is 0.483 e. The van der Waals surface area contributed by atoms with Gasteiger partial charge in [0.05, 0.1) is 39.0 Å². The second kappa shape index (κ2) is 10.0. The number of carbonyl (C=O) groups is 3. The predicted octanol–water partition coefficient (Wildman–Crippen LogP) is 3.46. The van der Waals surface area contributed by atoms with Crippen LogP contribution in [-0.4, -0.2) is 72.5 Å². The molecule has 1 atom stereocenters. The van der Waals surface area contributed by atoms with Crippen molar-refractivity contribution in [1.29, 1.82) is 0 Å². The Morgan fingerprint density at radius 3 is 2.94 bits per heavy atom. The molecule has 2 amide bonds. The van der Waals surface area contributed by atoms with Crippen molar-refractivity contribution in [2.45, 2.75) is 26.7 Å². The number of thiophene rings is 1. The van der Waals surface area contributed by atoms with Gasteiger partial charge in [0.15, 0.2) is 6.61 Å². The van der Waals surface area contributed by atoms with Crippen molar-refractivity contribution in [2.24, 2.45) is 5.92 Å². The van der Waals surface area contributed by atoms with Crippen LogP contribution in [0, 0.1) is 12.8 Å². The van der Waals surface area contributed by atoms with Crippen LogP contribution in [0.2, 0.25) is 0 Å².